The summed E-state index contributed by atoms with van der Waals surface area (Å²) in [5, 5.41) is 8.46. The number of hydrogen-bond donors (Lipinski definition) is 2. The van der Waals surface area contributed by atoms with Crippen molar-refractivity contribution in [3.05, 3.63) is 0 Å². The number of Topliss-reactive ketones (excluding diaryl/α,β-unsaturated/α-hetero) is 1. The summed E-state index contributed by atoms with van der Waals surface area (Å²) in [6, 6.07) is -0.789. The van der Waals surface area contributed by atoms with E-state index < -0.39 is 12.0 Å². The maximum Gasteiger partial charge on any atom is 0.320 e. The lowest BCUT2D eigenvalue weighted by molar-refractivity contribution is -0.138. The Morgan fingerprint density at radius 1 is 1.31 bits per heavy atom. The quantitative estimate of drug-likeness (QED) is 0.615. The van der Waals surface area contributed by atoms with Crippen LogP contribution in [0.4, 0.5) is 0 Å². The summed E-state index contributed by atoms with van der Waals surface area (Å²) < 4.78 is 5.00. The minimum atomic E-state index is -0.977. The Hall–Kier alpha value is -0.940. The van der Waals surface area contributed by atoms with Gasteiger partial charge in [-0.2, -0.15) is 0 Å². The van der Waals surface area contributed by atoms with Gasteiger partial charge in [0.1, 0.15) is 12.6 Å². The normalized spacial score (nSPS) is 11.2. The molecule has 0 radical (unpaired) electrons. The van der Waals surface area contributed by atoms with Crippen molar-refractivity contribution in [2.75, 3.05) is 13.2 Å². The van der Waals surface area contributed by atoms with Gasteiger partial charge in [-0.1, -0.05) is 13.8 Å². The molecule has 0 aromatic rings. The van der Waals surface area contributed by atoms with Gasteiger partial charge in [0.15, 0.2) is 5.78 Å². The molecule has 0 aromatic carbocycles. The van der Waals surface area contributed by atoms with Gasteiger partial charge in [0, 0.05) is 6.61 Å². The van der Waals surface area contributed by atoms with E-state index in [2.05, 4.69) is 0 Å². The molecule has 96 valence electrons. The molecule has 0 spiro atoms. The maximum atomic E-state index is 10.5. The number of nitrogens with two attached hydrogens (primary N) is 1. The number of carboxylic acids is 1. The van der Waals surface area contributed by atoms with Crippen LogP contribution in [0.15, 0.2) is 0 Å². The van der Waals surface area contributed by atoms with E-state index in [1.54, 1.807) is 0 Å². The standard InChI is InChI=1S/C9H17NO4.C2H6/c1-7(11)6-14-5-3-2-4-8(10)9(12)13;1-2/h8H,2-6,10H2,1H3,(H,12,13);1-2H3. The fourth-order valence-corrected chi connectivity index (χ4v) is 0.908. The third-order valence-electron chi connectivity index (χ3n) is 1.68. The fourth-order valence-electron chi connectivity index (χ4n) is 0.908. The first-order valence-electron chi connectivity index (χ1n) is 5.59. The van der Waals surface area contributed by atoms with E-state index in [4.69, 9.17) is 15.6 Å². The van der Waals surface area contributed by atoms with Crippen LogP contribution in [0.3, 0.4) is 0 Å². The van der Waals surface area contributed by atoms with Gasteiger partial charge in [-0.05, 0) is 26.2 Å². The smallest absolute Gasteiger partial charge is 0.320 e. The number of rotatable bonds is 8. The molecule has 1 atom stereocenters. The van der Waals surface area contributed by atoms with Crippen molar-refractivity contribution in [3.63, 3.8) is 0 Å². The Balaban J connectivity index is 0. The van der Waals surface area contributed by atoms with Gasteiger partial charge in [-0.3, -0.25) is 9.59 Å². The second kappa shape index (κ2) is 12.1. The molecule has 5 nitrogen and oxygen atoms in total. The molecule has 1 unspecified atom stereocenters. The van der Waals surface area contributed by atoms with Crippen molar-refractivity contribution in [2.24, 2.45) is 5.73 Å². The minimum Gasteiger partial charge on any atom is -0.480 e. The van der Waals surface area contributed by atoms with Crippen LogP contribution in [0.5, 0.6) is 0 Å². The summed E-state index contributed by atoms with van der Waals surface area (Å²) in [7, 11) is 0. The molecule has 0 aromatic heterocycles. The number of unbranched alkanes of at least 4 members (excludes halogenated alkanes) is 1. The molecule has 0 heterocycles. The Morgan fingerprint density at radius 3 is 2.31 bits per heavy atom. The van der Waals surface area contributed by atoms with Crippen LogP contribution in [0.25, 0.3) is 0 Å². The van der Waals surface area contributed by atoms with Crippen LogP contribution < -0.4 is 5.73 Å². The van der Waals surface area contributed by atoms with Crippen LogP contribution in [-0.4, -0.2) is 36.1 Å². The van der Waals surface area contributed by atoms with Crippen molar-refractivity contribution in [1.29, 1.82) is 0 Å². The average molecular weight is 233 g/mol. The number of ketones is 1. The first-order chi connectivity index (χ1) is 7.54. The van der Waals surface area contributed by atoms with Gasteiger partial charge in [-0.25, -0.2) is 0 Å². The molecular formula is C11H23NO4. The Morgan fingerprint density at radius 2 is 1.88 bits per heavy atom. The van der Waals surface area contributed by atoms with Crippen LogP contribution in [-0.2, 0) is 14.3 Å². The van der Waals surface area contributed by atoms with Crippen molar-refractivity contribution >= 4 is 11.8 Å². The van der Waals surface area contributed by atoms with Crippen LogP contribution in [0, 0.1) is 0 Å². The predicted octanol–water partition coefficient (Wildman–Crippen LogP) is 1.20. The van der Waals surface area contributed by atoms with Gasteiger partial charge in [0.2, 0.25) is 0 Å². The van der Waals surface area contributed by atoms with Crippen LogP contribution in [0.1, 0.15) is 40.0 Å². The summed E-state index contributed by atoms with van der Waals surface area (Å²) in [4.78, 5) is 20.8. The monoisotopic (exact) mass is 233 g/mol. The van der Waals surface area contributed by atoms with Crippen molar-refractivity contribution in [1.82, 2.24) is 0 Å². The molecule has 5 heteroatoms. The highest BCUT2D eigenvalue weighted by Gasteiger charge is 2.09. The summed E-state index contributed by atoms with van der Waals surface area (Å²) in [6.45, 7) is 6.07. The number of carbonyl (C=O) groups excluding carboxylic acids is 1. The van der Waals surface area contributed by atoms with E-state index in [9.17, 15) is 9.59 Å². The van der Waals surface area contributed by atoms with Gasteiger partial charge in [0.25, 0.3) is 0 Å². The minimum absolute atomic E-state index is 0.00719. The molecular weight excluding hydrogens is 210 g/mol. The number of aliphatic carboxylic acids is 1. The molecule has 3 N–H and O–H groups in total. The highest BCUT2D eigenvalue weighted by Crippen LogP contribution is 1.99. The second-order valence-electron chi connectivity index (χ2n) is 3.20. The SMILES string of the molecule is CC.CC(=O)COCCCCC(N)C(=O)O. The second-order valence-corrected chi connectivity index (χ2v) is 3.20. The van der Waals surface area contributed by atoms with Gasteiger partial charge >= 0.3 is 5.97 Å². The summed E-state index contributed by atoms with van der Waals surface area (Å²) in [5.41, 5.74) is 5.28. The van der Waals surface area contributed by atoms with Crippen molar-refractivity contribution < 1.29 is 19.4 Å². The molecule has 0 saturated heterocycles. The van der Waals surface area contributed by atoms with E-state index in [-0.39, 0.29) is 12.4 Å². The van der Waals surface area contributed by atoms with Crippen LogP contribution in [0.2, 0.25) is 0 Å². The lowest BCUT2D eigenvalue weighted by Gasteiger charge is -2.05. The fraction of sp³-hybridized carbons (Fsp3) is 0.818. The summed E-state index contributed by atoms with van der Waals surface area (Å²) in [6.07, 6.45) is 1.87. The molecule has 0 rings (SSSR count). The maximum absolute atomic E-state index is 10.5. The molecule has 0 aliphatic carbocycles. The topological polar surface area (TPSA) is 89.6 Å². The highest BCUT2D eigenvalue weighted by atomic mass is 16.5. The zero-order valence-electron chi connectivity index (χ0n) is 10.4. The number of ether oxygens (including phenoxy) is 1. The number of carboxylic acid groups (broad SMARTS) is 1. The number of carbonyl (C=O) groups is 2. The molecule has 16 heavy (non-hydrogen) atoms. The van der Waals surface area contributed by atoms with Crippen LogP contribution >= 0.6 is 0 Å². The zero-order chi connectivity index (χ0) is 13.0. The van der Waals surface area contributed by atoms with Gasteiger partial charge in [0.05, 0.1) is 0 Å². The van der Waals surface area contributed by atoms with Gasteiger partial charge < -0.3 is 15.6 Å². The Labute approximate surface area is 97.0 Å². The third-order valence-corrected chi connectivity index (χ3v) is 1.68. The molecule has 0 aliphatic rings. The van der Waals surface area contributed by atoms with E-state index in [1.807, 2.05) is 13.8 Å². The van der Waals surface area contributed by atoms with E-state index >= 15 is 0 Å². The molecule has 0 saturated carbocycles. The van der Waals surface area contributed by atoms with Crippen molar-refractivity contribution in [2.45, 2.75) is 46.1 Å². The lowest BCUT2D eigenvalue weighted by Crippen LogP contribution is -2.29. The predicted molar refractivity (Wildman–Crippen MR) is 62.3 cm³/mol. The summed E-state index contributed by atoms with van der Waals surface area (Å²) >= 11 is 0. The molecule has 0 bridgehead atoms. The summed E-state index contributed by atoms with van der Waals surface area (Å²) in [5.74, 6) is -0.984. The first-order valence-corrected chi connectivity index (χ1v) is 5.59. The van der Waals surface area contributed by atoms with E-state index in [0.717, 1.165) is 6.42 Å². The average Bonchev–Trinajstić information content (AvgIpc) is 2.25. The van der Waals surface area contributed by atoms with E-state index in [0.29, 0.717) is 19.4 Å². The zero-order valence-corrected chi connectivity index (χ0v) is 10.4. The lowest BCUT2D eigenvalue weighted by atomic mass is 10.1. The van der Waals surface area contributed by atoms with Crippen molar-refractivity contribution in [3.8, 4) is 0 Å². The van der Waals surface area contributed by atoms with E-state index in [1.165, 1.54) is 6.92 Å². The first kappa shape index (κ1) is 17.5. The Bertz CT molecular complexity index is 194. The molecule has 0 amide bonds. The largest absolute Gasteiger partial charge is 0.480 e. The molecule has 0 aliphatic heterocycles. The third kappa shape index (κ3) is 13.1. The molecule has 0 fully saturated rings. The Kier molecular flexibility index (Phi) is 13.2. The highest BCUT2D eigenvalue weighted by molar-refractivity contribution is 5.76. The van der Waals surface area contributed by atoms with Gasteiger partial charge in [-0.15, -0.1) is 0 Å². The number of hydrogen-bond acceptors (Lipinski definition) is 4.